The summed E-state index contributed by atoms with van der Waals surface area (Å²) in [5.41, 5.74) is 5.12. The zero-order valence-electron chi connectivity index (χ0n) is 11.2. The fourth-order valence-corrected chi connectivity index (χ4v) is 2.90. The molecule has 0 saturated carbocycles. The molecule has 0 bridgehead atoms. The van der Waals surface area contributed by atoms with Gasteiger partial charge in [0.15, 0.2) is 0 Å². The first-order valence-corrected chi connectivity index (χ1v) is 7.80. The van der Waals surface area contributed by atoms with Gasteiger partial charge in [-0.1, -0.05) is 12.1 Å². The van der Waals surface area contributed by atoms with Gasteiger partial charge < -0.3 is 4.74 Å². The van der Waals surface area contributed by atoms with Gasteiger partial charge >= 0.3 is 0 Å². The molecule has 110 valence electrons. The normalized spacial score (nSPS) is 10.0. The summed E-state index contributed by atoms with van der Waals surface area (Å²) < 4.78 is 6.22. The number of thiophene rings is 1. The minimum atomic E-state index is -0.428. The molecule has 0 unspecified atom stereocenters. The van der Waals surface area contributed by atoms with Crippen LogP contribution in [0, 0.1) is 0 Å². The van der Waals surface area contributed by atoms with Crippen molar-refractivity contribution in [3.05, 3.63) is 50.6 Å². The van der Waals surface area contributed by atoms with Crippen molar-refractivity contribution in [3.8, 4) is 5.75 Å². The first-order chi connectivity index (χ1) is 10.1. The smallest absolute Gasteiger partial charge is 0.279 e. The van der Waals surface area contributed by atoms with E-state index in [-0.39, 0.29) is 5.91 Å². The number of hydrogen-bond donors (Lipinski definition) is 2. The number of halogens is 1. The summed E-state index contributed by atoms with van der Waals surface area (Å²) in [6, 6.07) is 10.3. The van der Waals surface area contributed by atoms with Crippen molar-refractivity contribution >= 4 is 39.1 Å². The van der Waals surface area contributed by atoms with Gasteiger partial charge in [0, 0.05) is 0 Å². The molecule has 2 N–H and O–H groups in total. The first-order valence-electron chi connectivity index (χ1n) is 6.19. The molecule has 0 fully saturated rings. The average Bonchev–Trinajstić information content (AvgIpc) is 2.92. The Balaban J connectivity index is 2.00. The van der Waals surface area contributed by atoms with Gasteiger partial charge in [0.05, 0.1) is 20.8 Å². The molecule has 0 aliphatic heterocycles. The van der Waals surface area contributed by atoms with Crippen LogP contribution in [0.3, 0.4) is 0 Å². The lowest BCUT2D eigenvalue weighted by Crippen LogP contribution is -2.41. The third-order valence-electron chi connectivity index (χ3n) is 2.52. The number of hydrogen-bond acceptors (Lipinski definition) is 4. The Morgan fingerprint density at radius 2 is 1.86 bits per heavy atom. The predicted octanol–water partition coefficient (Wildman–Crippen LogP) is 2.98. The zero-order valence-corrected chi connectivity index (χ0v) is 13.6. The van der Waals surface area contributed by atoms with E-state index in [0.717, 1.165) is 3.79 Å². The molecule has 1 aromatic heterocycles. The van der Waals surface area contributed by atoms with Gasteiger partial charge in [0.2, 0.25) is 0 Å². The van der Waals surface area contributed by atoms with E-state index in [9.17, 15) is 9.59 Å². The van der Waals surface area contributed by atoms with Crippen LogP contribution in [-0.4, -0.2) is 18.4 Å². The number of nitrogens with one attached hydrogen (secondary N) is 2. The molecule has 0 saturated heterocycles. The van der Waals surface area contributed by atoms with E-state index in [1.54, 1.807) is 36.4 Å². The van der Waals surface area contributed by atoms with Crippen LogP contribution in [0.4, 0.5) is 0 Å². The molecule has 0 radical (unpaired) electrons. The van der Waals surface area contributed by atoms with Crippen LogP contribution in [0.25, 0.3) is 0 Å². The lowest BCUT2D eigenvalue weighted by atomic mass is 10.2. The van der Waals surface area contributed by atoms with E-state index in [1.165, 1.54) is 11.3 Å². The Morgan fingerprint density at radius 3 is 2.52 bits per heavy atom. The van der Waals surface area contributed by atoms with Crippen molar-refractivity contribution in [3.63, 3.8) is 0 Å². The number of carbonyl (C=O) groups excluding carboxylic acids is 2. The van der Waals surface area contributed by atoms with Crippen molar-refractivity contribution in [2.24, 2.45) is 0 Å². The molecule has 2 amide bonds. The maximum atomic E-state index is 12.1. The summed E-state index contributed by atoms with van der Waals surface area (Å²) in [5.74, 6) is -0.318. The molecule has 1 heterocycles. The number of ether oxygens (including phenoxy) is 1. The molecule has 2 rings (SSSR count). The van der Waals surface area contributed by atoms with E-state index in [1.807, 2.05) is 6.92 Å². The lowest BCUT2D eigenvalue weighted by Gasteiger charge is -2.10. The minimum Gasteiger partial charge on any atom is -0.493 e. The second-order valence-electron chi connectivity index (χ2n) is 3.94. The van der Waals surface area contributed by atoms with Crippen LogP contribution in [0.1, 0.15) is 27.0 Å². The van der Waals surface area contributed by atoms with Crippen LogP contribution in [0.5, 0.6) is 5.75 Å². The highest BCUT2D eigenvalue weighted by Crippen LogP contribution is 2.21. The number of hydrazine groups is 1. The van der Waals surface area contributed by atoms with Gasteiger partial charge in [-0.05, 0) is 47.1 Å². The first kappa shape index (κ1) is 15.5. The van der Waals surface area contributed by atoms with Crippen molar-refractivity contribution in [1.82, 2.24) is 10.9 Å². The summed E-state index contributed by atoms with van der Waals surface area (Å²) in [7, 11) is 0. The summed E-state index contributed by atoms with van der Waals surface area (Å²) in [4.78, 5) is 24.4. The monoisotopic (exact) mass is 368 g/mol. The highest BCUT2D eigenvalue weighted by molar-refractivity contribution is 9.11. The Hall–Kier alpha value is -1.86. The molecule has 2 aromatic rings. The van der Waals surface area contributed by atoms with Crippen LogP contribution < -0.4 is 15.6 Å². The fraction of sp³-hybridized carbons (Fsp3) is 0.143. The van der Waals surface area contributed by atoms with Crippen LogP contribution >= 0.6 is 27.3 Å². The van der Waals surface area contributed by atoms with E-state index in [4.69, 9.17) is 4.74 Å². The van der Waals surface area contributed by atoms with E-state index in [2.05, 4.69) is 26.8 Å². The van der Waals surface area contributed by atoms with Crippen molar-refractivity contribution in [1.29, 1.82) is 0 Å². The summed E-state index contributed by atoms with van der Waals surface area (Å²) in [6.45, 7) is 2.30. The van der Waals surface area contributed by atoms with Gasteiger partial charge in [0.25, 0.3) is 11.8 Å². The van der Waals surface area contributed by atoms with Gasteiger partial charge in [-0.15, -0.1) is 11.3 Å². The van der Waals surface area contributed by atoms with Crippen LogP contribution in [0.15, 0.2) is 40.2 Å². The van der Waals surface area contributed by atoms with Crippen molar-refractivity contribution in [2.75, 3.05) is 6.61 Å². The second kappa shape index (κ2) is 7.24. The third kappa shape index (κ3) is 4.05. The average molecular weight is 369 g/mol. The largest absolute Gasteiger partial charge is 0.493 e. The molecule has 0 atom stereocenters. The zero-order chi connectivity index (χ0) is 15.2. The molecular weight excluding hydrogens is 356 g/mol. The minimum absolute atomic E-state index is 0.368. The molecule has 7 heteroatoms. The Labute approximate surface area is 134 Å². The molecule has 1 aromatic carbocycles. The van der Waals surface area contributed by atoms with Gasteiger partial charge in [0.1, 0.15) is 5.75 Å². The standard InChI is InChI=1S/C14H13BrN2O3S/c1-2-20-10-6-4-3-5-9(10)13(18)16-17-14(19)11-7-8-12(15)21-11/h3-8H,2H2,1H3,(H,16,18)(H,17,19). The second-order valence-corrected chi connectivity index (χ2v) is 6.40. The van der Waals surface area contributed by atoms with Crippen LogP contribution in [0.2, 0.25) is 0 Å². The van der Waals surface area contributed by atoms with Crippen molar-refractivity contribution < 1.29 is 14.3 Å². The number of carbonyl (C=O) groups is 2. The number of amides is 2. The molecular formula is C14H13BrN2O3S. The van der Waals surface area contributed by atoms with E-state index >= 15 is 0 Å². The fourth-order valence-electron chi connectivity index (χ4n) is 1.61. The number of para-hydroxylation sites is 1. The highest BCUT2D eigenvalue weighted by atomic mass is 79.9. The molecule has 21 heavy (non-hydrogen) atoms. The van der Waals surface area contributed by atoms with Crippen molar-refractivity contribution in [2.45, 2.75) is 6.92 Å². The molecule has 0 aliphatic carbocycles. The SMILES string of the molecule is CCOc1ccccc1C(=O)NNC(=O)c1ccc(Br)s1. The Bertz CT molecular complexity index is 657. The van der Waals surface area contributed by atoms with Gasteiger partial charge in [-0.3, -0.25) is 20.4 Å². The van der Waals surface area contributed by atoms with Crippen LogP contribution in [-0.2, 0) is 0 Å². The Morgan fingerprint density at radius 1 is 1.14 bits per heavy atom. The Kier molecular flexibility index (Phi) is 5.35. The predicted molar refractivity (Wildman–Crippen MR) is 84.6 cm³/mol. The number of rotatable bonds is 4. The highest BCUT2D eigenvalue weighted by Gasteiger charge is 2.14. The number of benzene rings is 1. The van der Waals surface area contributed by atoms with E-state index in [0.29, 0.717) is 22.8 Å². The topological polar surface area (TPSA) is 67.4 Å². The third-order valence-corrected chi connectivity index (χ3v) is 4.14. The lowest BCUT2D eigenvalue weighted by molar-refractivity contribution is 0.0846. The molecule has 0 spiro atoms. The summed E-state index contributed by atoms with van der Waals surface area (Å²) in [5, 5.41) is 0. The maximum Gasteiger partial charge on any atom is 0.279 e. The van der Waals surface area contributed by atoms with Gasteiger partial charge in [-0.2, -0.15) is 0 Å². The molecule has 0 aliphatic rings. The van der Waals surface area contributed by atoms with Gasteiger partial charge in [-0.25, -0.2) is 0 Å². The molecule has 5 nitrogen and oxygen atoms in total. The summed E-state index contributed by atoms with van der Waals surface area (Å²) >= 11 is 4.56. The van der Waals surface area contributed by atoms with E-state index < -0.39 is 5.91 Å². The quantitative estimate of drug-likeness (QED) is 0.815. The maximum absolute atomic E-state index is 12.1. The summed E-state index contributed by atoms with van der Waals surface area (Å²) in [6.07, 6.45) is 0.